The Labute approximate surface area is 263 Å². The molecule has 0 saturated carbocycles. The summed E-state index contributed by atoms with van der Waals surface area (Å²) in [4.78, 5) is 51.6. The van der Waals surface area contributed by atoms with E-state index >= 15 is 0 Å². The van der Waals surface area contributed by atoms with Gasteiger partial charge < -0.3 is 25.3 Å². The van der Waals surface area contributed by atoms with Gasteiger partial charge in [-0.1, -0.05) is 26.8 Å². The Morgan fingerprint density at radius 2 is 1.73 bits per heavy atom. The number of amides is 4. The summed E-state index contributed by atoms with van der Waals surface area (Å²) in [6.07, 6.45) is 1.89. The number of benzene rings is 1. The summed E-state index contributed by atoms with van der Waals surface area (Å²) in [5, 5.41) is 9.16. The van der Waals surface area contributed by atoms with Gasteiger partial charge in [-0.25, -0.2) is 9.78 Å². The van der Waals surface area contributed by atoms with E-state index < -0.39 is 11.6 Å². The molecule has 2 saturated heterocycles. The summed E-state index contributed by atoms with van der Waals surface area (Å²) in [5.41, 5.74) is 2.79. The highest BCUT2D eigenvalue weighted by atomic mass is 32.1. The van der Waals surface area contributed by atoms with Gasteiger partial charge in [0.15, 0.2) is 0 Å². The zero-order chi connectivity index (χ0) is 31.8. The van der Waals surface area contributed by atoms with Gasteiger partial charge in [0.05, 0.1) is 5.56 Å². The zero-order valence-corrected chi connectivity index (χ0v) is 27.5. The third kappa shape index (κ3) is 6.58. The second kappa shape index (κ2) is 12.2. The van der Waals surface area contributed by atoms with Crippen LogP contribution in [-0.2, 0) is 10.2 Å². The average molecular weight is 618 g/mol. The maximum absolute atomic E-state index is 13.8. The highest BCUT2D eigenvalue weighted by molar-refractivity contribution is 7.16. The van der Waals surface area contributed by atoms with Crippen LogP contribution in [0.15, 0.2) is 42.6 Å². The number of carbonyl (C=O) groups excluding carboxylic acids is 3. The number of pyridine rings is 1. The maximum Gasteiger partial charge on any atom is 0.324 e. The Morgan fingerprint density at radius 3 is 2.39 bits per heavy atom. The van der Waals surface area contributed by atoms with Crippen LogP contribution in [-0.4, -0.2) is 84.5 Å². The molecule has 2 fully saturated rings. The number of hydrogen-bond donors (Lipinski definition) is 3. The number of anilines is 3. The van der Waals surface area contributed by atoms with Crippen LogP contribution in [0, 0.1) is 6.92 Å². The molecule has 11 heteroatoms. The van der Waals surface area contributed by atoms with Gasteiger partial charge in [-0.2, -0.15) is 0 Å². The topological polar surface area (TPSA) is 110 Å². The molecule has 0 bridgehead atoms. The maximum atomic E-state index is 13.8. The molecule has 3 N–H and O–H groups in total. The molecular weight excluding hydrogens is 574 g/mol. The average Bonchev–Trinajstić information content (AvgIpc) is 3.40. The lowest BCUT2D eigenvalue weighted by Gasteiger charge is -2.41. The zero-order valence-electron chi connectivity index (χ0n) is 26.7. The van der Waals surface area contributed by atoms with Gasteiger partial charge in [-0.05, 0) is 74.7 Å². The predicted octanol–water partition coefficient (Wildman–Crippen LogP) is 5.16. The molecule has 2 aliphatic heterocycles. The molecular formula is C33H43N7O3S. The van der Waals surface area contributed by atoms with E-state index in [1.54, 1.807) is 18.7 Å². The van der Waals surface area contributed by atoms with E-state index in [9.17, 15) is 14.4 Å². The first kappa shape index (κ1) is 31.5. The SMILES string of the molecule is Cc1ccc(NC(=O)Nc2sc(C(C)(C)C)cc2C(=O)N2CCNC(=O)C2(C)C)cc1-c1ccc(N2CCN(C)CC2)nc1. The number of piperazine rings is 2. The van der Waals surface area contributed by atoms with Gasteiger partial charge >= 0.3 is 6.03 Å². The van der Waals surface area contributed by atoms with Crippen molar-refractivity contribution in [1.82, 2.24) is 20.1 Å². The molecule has 0 atom stereocenters. The number of thiophene rings is 1. The van der Waals surface area contributed by atoms with Gasteiger partial charge in [0.2, 0.25) is 5.91 Å². The van der Waals surface area contributed by atoms with Gasteiger partial charge in [-0.3, -0.25) is 14.9 Å². The first-order chi connectivity index (χ1) is 20.7. The summed E-state index contributed by atoms with van der Waals surface area (Å²) in [6.45, 7) is 16.4. The van der Waals surface area contributed by atoms with E-state index in [0.29, 0.717) is 29.3 Å². The quantitative estimate of drug-likeness (QED) is 0.365. The molecule has 2 aromatic heterocycles. The van der Waals surface area contributed by atoms with Crippen LogP contribution in [0.5, 0.6) is 0 Å². The number of aromatic nitrogens is 1. The van der Waals surface area contributed by atoms with Crippen LogP contribution in [0.2, 0.25) is 0 Å². The van der Waals surface area contributed by atoms with Crippen LogP contribution in [0.4, 0.5) is 21.3 Å². The number of urea groups is 1. The Hall–Kier alpha value is -3.96. The molecule has 10 nitrogen and oxygen atoms in total. The molecule has 44 heavy (non-hydrogen) atoms. The molecule has 5 rings (SSSR count). The van der Waals surface area contributed by atoms with Crippen LogP contribution in [0.3, 0.4) is 0 Å². The molecule has 3 aromatic rings. The molecule has 1 aromatic carbocycles. The number of likely N-dealkylation sites (N-methyl/N-ethyl adjacent to an activating group) is 1. The van der Waals surface area contributed by atoms with Gasteiger partial charge in [0.25, 0.3) is 5.91 Å². The first-order valence-corrected chi connectivity index (χ1v) is 15.9. The van der Waals surface area contributed by atoms with Crippen LogP contribution >= 0.6 is 11.3 Å². The summed E-state index contributed by atoms with van der Waals surface area (Å²) in [5.74, 6) is 0.490. The number of aryl methyl sites for hydroxylation is 1. The first-order valence-electron chi connectivity index (χ1n) is 15.1. The van der Waals surface area contributed by atoms with Crippen molar-refractivity contribution in [3.05, 3.63) is 58.6 Å². The van der Waals surface area contributed by atoms with Crippen molar-refractivity contribution in [2.75, 3.05) is 61.8 Å². The van der Waals surface area contributed by atoms with Gasteiger partial charge in [0, 0.05) is 61.6 Å². The van der Waals surface area contributed by atoms with E-state index in [4.69, 9.17) is 4.98 Å². The fourth-order valence-corrected chi connectivity index (χ4v) is 6.56. The van der Waals surface area contributed by atoms with Crippen molar-refractivity contribution in [3.63, 3.8) is 0 Å². The fourth-order valence-electron chi connectivity index (χ4n) is 5.46. The molecule has 234 valence electrons. The van der Waals surface area contributed by atoms with E-state index in [0.717, 1.165) is 53.6 Å². The largest absolute Gasteiger partial charge is 0.354 e. The lowest BCUT2D eigenvalue weighted by atomic mass is 9.93. The Bertz CT molecular complexity index is 1550. The Morgan fingerprint density at radius 1 is 1.00 bits per heavy atom. The van der Waals surface area contributed by atoms with E-state index in [1.807, 2.05) is 37.4 Å². The van der Waals surface area contributed by atoms with Crippen LogP contribution in [0.25, 0.3) is 11.1 Å². The van der Waals surface area contributed by atoms with Crippen molar-refractivity contribution in [3.8, 4) is 11.1 Å². The lowest BCUT2D eigenvalue weighted by molar-refractivity contribution is -0.133. The monoisotopic (exact) mass is 617 g/mol. The molecule has 4 amide bonds. The van der Waals surface area contributed by atoms with Crippen LogP contribution in [0.1, 0.15) is 55.4 Å². The standard InChI is InChI=1S/C33H43N7O3S/c1-21-8-10-23(18-24(21)22-9-11-27(35-20-22)39-16-14-38(7)15-17-39)36-31(43)37-28-25(19-26(44-28)32(2,3)4)29(41)40-13-12-34-30(42)33(40,5)6/h8-11,18-20H,12-17H2,1-7H3,(H,34,42)(H2,36,37,43). The van der Waals surface area contributed by atoms with Crippen molar-refractivity contribution < 1.29 is 14.4 Å². The van der Waals surface area contributed by atoms with Crippen molar-refractivity contribution in [1.29, 1.82) is 0 Å². The van der Waals surface area contributed by atoms with E-state index in [-0.39, 0.29) is 17.2 Å². The number of nitrogens with one attached hydrogen (secondary N) is 3. The highest BCUT2D eigenvalue weighted by Gasteiger charge is 2.42. The van der Waals surface area contributed by atoms with Crippen molar-refractivity contribution >= 4 is 45.7 Å². The highest BCUT2D eigenvalue weighted by Crippen LogP contribution is 2.38. The normalized spacial score (nSPS) is 17.3. The molecule has 0 unspecified atom stereocenters. The van der Waals surface area contributed by atoms with Crippen LogP contribution < -0.4 is 20.9 Å². The third-order valence-corrected chi connectivity index (χ3v) is 9.88. The van der Waals surface area contributed by atoms with E-state index in [1.165, 1.54) is 11.3 Å². The third-order valence-electron chi connectivity index (χ3n) is 8.41. The summed E-state index contributed by atoms with van der Waals surface area (Å²) in [7, 11) is 2.14. The van der Waals surface area contributed by atoms with Crippen molar-refractivity contribution in [2.45, 2.75) is 52.5 Å². The molecule has 0 spiro atoms. The minimum atomic E-state index is -1.01. The predicted molar refractivity (Wildman–Crippen MR) is 178 cm³/mol. The van der Waals surface area contributed by atoms with Gasteiger partial charge in [-0.15, -0.1) is 11.3 Å². The molecule has 0 aliphatic carbocycles. The Kier molecular flexibility index (Phi) is 8.73. The molecule has 0 radical (unpaired) electrons. The van der Waals surface area contributed by atoms with E-state index in [2.05, 4.69) is 65.7 Å². The summed E-state index contributed by atoms with van der Waals surface area (Å²) >= 11 is 1.38. The second-order valence-electron chi connectivity index (χ2n) is 13.2. The Balaban J connectivity index is 1.34. The number of hydrogen-bond acceptors (Lipinski definition) is 7. The lowest BCUT2D eigenvalue weighted by Crippen LogP contribution is -2.63. The van der Waals surface area contributed by atoms with Crippen molar-refractivity contribution in [2.24, 2.45) is 0 Å². The number of nitrogens with zero attached hydrogens (tertiary/aromatic N) is 4. The number of carbonyl (C=O) groups is 3. The molecule has 2 aliphatic rings. The molecule has 4 heterocycles. The summed E-state index contributed by atoms with van der Waals surface area (Å²) < 4.78 is 0. The number of rotatable bonds is 5. The summed E-state index contributed by atoms with van der Waals surface area (Å²) in [6, 6.07) is 11.3. The smallest absolute Gasteiger partial charge is 0.324 e. The minimum Gasteiger partial charge on any atom is -0.354 e. The second-order valence-corrected chi connectivity index (χ2v) is 14.2. The minimum absolute atomic E-state index is 0.199. The fraction of sp³-hybridized carbons (Fsp3) is 0.455. The van der Waals surface area contributed by atoms with Gasteiger partial charge in [0.1, 0.15) is 16.4 Å².